The van der Waals surface area contributed by atoms with Gasteiger partial charge in [0.1, 0.15) is 10.3 Å². The van der Waals surface area contributed by atoms with Crippen LogP contribution in [-0.4, -0.2) is 50.4 Å². The number of rotatable bonds is 7. The Labute approximate surface area is 174 Å². The minimum absolute atomic E-state index is 0.0423. The Morgan fingerprint density at radius 2 is 1.79 bits per heavy atom. The van der Waals surface area contributed by atoms with Crippen molar-refractivity contribution >= 4 is 40.0 Å². The zero-order chi connectivity index (χ0) is 21.0. The Morgan fingerprint density at radius 3 is 2.41 bits per heavy atom. The van der Waals surface area contributed by atoms with Gasteiger partial charge in [0.05, 0.1) is 14.2 Å². The van der Waals surface area contributed by atoms with Crippen molar-refractivity contribution in [3.8, 4) is 11.5 Å². The fourth-order valence-electron chi connectivity index (χ4n) is 2.84. The molecular weight excluding hydrogens is 390 g/mol. The molecule has 0 spiro atoms. The molecule has 29 heavy (non-hydrogen) atoms. The molecule has 0 bridgehead atoms. The zero-order valence-corrected chi connectivity index (χ0v) is 17.6. The molecule has 0 unspecified atom stereocenters. The van der Waals surface area contributed by atoms with Crippen LogP contribution < -0.4 is 19.7 Å². The molecule has 1 aliphatic heterocycles. The lowest BCUT2D eigenvalue weighted by atomic mass is 10.2. The first-order chi connectivity index (χ1) is 13.9. The molecular formula is C21H23N3O4S. The number of nitrogens with one attached hydrogen (secondary N) is 1. The van der Waals surface area contributed by atoms with Crippen LogP contribution in [0, 0.1) is 0 Å². The van der Waals surface area contributed by atoms with Gasteiger partial charge >= 0.3 is 0 Å². The van der Waals surface area contributed by atoms with E-state index in [1.54, 1.807) is 25.3 Å². The smallest absolute Gasteiger partial charge is 0.260 e. The Morgan fingerprint density at radius 1 is 1.10 bits per heavy atom. The molecule has 1 aliphatic rings. The molecule has 0 saturated heterocycles. The average Bonchev–Trinajstić information content (AvgIpc) is 3.08. The first kappa shape index (κ1) is 20.7. The molecule has 0 fully saturated rings. The Balaban J connectivity index is 1.61. The molecule has 2 aromatic carbocycles. The Bertz CT molecular complexity index is 941. The first-order valence-electron chi connectivity index (χ1n) is 9.00. The molecule has 7 nitrogen and oxygen atoms in total. The molecule has 1 N–H and O–H groups in total. The van der Waals surface area contributed by atoms with Crippen LogP contribution in [0.5, 0.6) is 11.5 Å². The number of benzene rings is 2. The zero-order valence-electron chi connectivity index (χ0n) is 16.8. The third-order valence-corrected chi connectivity index (χ3v) is 5.61. The molecule has 3 rings (SSSR count). The van der Waals surface area contributed by atoms with Gasteiger partial charge in [0, 0.05) is 43.5 Å². The lowest BCUT2D eigenvalue weighted by molar-refractivity contribution is -0.121. The standard InChI is InChI=1S/C21H23N3O4S/c1-24(2)15-8-5-13(6-9-15)21-23-20(26)18(29-21)12-19(25)22-14-7-10-16(27-3)17(11-14)28-4/h5-11,18H,12H2,1-4H3,(H,22,25)/t18-/m1/s1. The highest BCUT2D eigenvalue weighted by atomic mass is 32.2. The van der Waals surface area contributed by atoms with Crippen LogP contribution in [0.3, 0.4) is 0 Å². The normalized spacial score (nSPS) is 15.7. The van der Waals surface area contributed by atoms with Gasteiger partial charge < -0.3 is 19.7 Å². The number of carbonyl (C=O) groups is 2. The maximum atomic E-state index is 12.4. The number of aliphatic imine (C=N–C) groups is 1. The molecule has 2 amide bonds. The van der Waals surface area contributed by atoms with Crippen molar-refractivity contribution < 1.29 is 19.1 Å². The largest absolute Gasteiger partial charge is 0.493 e. The summed E-state index contributed by atoms with van der Waals surface area (Å²) in [7, 11) is 7.01. The lowest BCUT2D eigenvalue weighted by Crippen LogP contribution is -2.21. The molecule has 0 aliphatic carbocycles. The highest BCUT2D eigenvalue weighted by Gasteiger charge is 2.31. The van der Waals surface area contributed by atoms with Crippen molar-refractivity contribution in [3.63, 3.8) is 0 Å². The highest BCUT2D eigenvalue weighted by molar-refractivity contribution is 8.16. The van der Waals surface area contributed by atoms with Gasteiger partial charge in [0.2, 0.25) is 5.91 Å². The average molecular weight is 413 g/mol. The summed E-state index contributed by atoms with van der Waals surface area (Å²) >= 11 is 1.32. The van der Waals surface area contributed by atoms with Gasteiger partial charge in [0.25, 0.3) is 5.91 Å². The van der Waals surface area contributed by atoms with Gasteiger partial charge in [-0.05, 0) is 24.3 Å². The second-order valence-corrected chi connectivity index (χ2v) is 7.82. The number of anilines is 2. The molecule has 2 aromatic rings. The van der Waals surface area contributed by atoms with Crippen LogP contribution in [0.15, 0.2) is 47.5 Å². The van der Waals surface area contributed by atoms with Gasteiger partial charge in [0.15, 0.2) is 11.5 Å². The van der Waals surface area contributed by atoms with E-state index in [2.05, 4.69) is 10.3 Å². The predicted molar refractivity (Wildman–Crippen MR) is 116 cm³/mol. The van der Waals surface area contributed by atoms with E-state index in [9.17, 15) is 9.59 Å². The van der Waals surface area contributed by atoms with Crippen molar-refractivity contribution in [2.45, 2.75) is 11.7 Å². The molecule has 0 radical (unpaired) electrons. The van der Waals surface area contributed by atoms with E-state index in [1.165, 1.54) is 18.9 Å². The summed E-state index contributed by atoms with van der Waals surface area (Å²) in [5, 5.41) is 2.91. The molecule has 0 saturated carbocycles. The second kappa shape index (κ2) is 9.00. The summed E-state index contributed by atoms with van der Waals surface area (Å²) in [5.41, 5.74) is 2.51. The van der Waals surface area contributed by atoms with Crippen LogP contribution in [0.4, 0.5) is 11.4 Å². The van der Waals surface area contributed by atoms with Crippen LogP contribution in [0.1, 0.15) is 12.0 Å². The monoisotopic (exact) mass is 413 g/mol. The number of thioether (sulfide) groups is 1. The Kier molecular flexibility index (Phi) is 6.43. The fourth-order valence-corrected chi connectivity index (χ4v) is 3.91. The molecule has 1 heterocycles. The molecule has 1 atom stereocenters. The first-order valence-corrected chi connectivity index (χ1v) is 9.88. The quantitative estimate of drug-likeness (QED) is 0.751. The maximum absolute atomic E-state index is 12.4. The number of hydrogen-bond acceptors (Lipinski definition) is 6. The Hall–Kier alpha value is -3.00. The van der Waals surface area contributed by atoms with Crippen LogP contribution >= 0.6 is 11.8 Å². The van der Waals surface area contributed by atoms with Gasteiger partial charge in [-0.2, -0.15) is 0 Å². The third kappa shape index (κ3) is 4.89. The lowest BCUT2D eigenvalue weighted by Gasteiger charge is -2.13. The second-order valence-electron chi connectivity index (χ2n) is 6.63. The van der Waals surface area contributed by atoms with Crippen LogP contribution in [0.2, 0.25) is 0 Å². The summed E-state index contributed by atoms with van der Waals surface area (Å²) in [4.78, 5) is 30.8. The third-order valence-electron chi connectivity index (χ3n) is 4.41. The van der Waals surface area contributed by atoms with E-state index in [0.29, 0.717) is 22.2 Å². The minimum Gasteiger partial charge on any atom is -0.493 e. The van der Waals surface area contributed by atoms with Gasteiger partial charge in [-0.3, -0.25) is 9.59 Å². The van der Waals surface area contributed by atoms with Crippen molar-refractivity contribution in [2.24, 2.45) is 4.99 Å². The topological polar surface area (TPSA) is 80.2 Å². The van der Waals surface area contributed by atoms with Crippen molar-refractivity contribution in [3.05, 3.63) is 48.0 Å². The minimum atomic E-state index is -0.529. The molecule has 8 heteroatoms. The van der Waals surface area contributed by atoms with E-state index >= 15 is 0 Å². The van der Waals surface area contributed by atoms with Gasteiger partial charge in [-0.25, -0.2) is 4.99 Å². The van der Waals surface area contributed by atoms with E-state index in [4.69, 9.17) is 9.47 Å². The SMILES string of the molecule is COc1ccc(NC(=O)C[C@H]2SC(c3ccc(N(C)C)cc3)=NC2=O)cc1OC. The van der Waals surface area contributed by atoms with Crippen molar-refractivity contribution in [1.82, 2.24) is 0 Å². The number of nitrogens with zero attached hydrogens (tertiary/aromatic N) is 2. The van der Waals surface area contributed by atoms with Crippen molar-refractivity contribution in [1.29, 1.82) is 0 Å². The summed E-state index contributed by atoms with van der Waals surface area (Å²) < 4.78 is 10.4. The van der Waals surface area contributed by atoms with Crippen LogP contribution in [0.25, 0.3) is 0 Å². The maximum Gasteiger partial charge on any atom is 0.260 e. The summed E-state index contributed by atoms with van der Waals surface area (Å²) in [5.74, 6) is 0.542. The molecule has 0 aromatic heterocycles. The van der Waals surface area contributed by atoms with Crippen molar-refractivity contribution in [2.75, 3.05) is 38.5 Å². The van der Waals surface area contributed by atoms with E-state index in [-0.39, 0.29) is 18.2 Å². The molecule has 152 valence electrons. The van der Waals surface area contributed by atoms with Crippen LogP contribution in [-0.2, 0) is 9.59 Å². The number of hydrogen-bond donors (Lipinski definition) is 1. The number of ether oxygens (including phenoxy) is 2. The highest BCUT2D eigenvalue weighted by Crippen LogP contribution is 2.32. The number of carbonyl (C=O) groups excluding carboxylic acids is 2. The van der Waals surface area contributed by atoms with Gasteiger partial charge in [-0.15, -0.1) is 0 Å². The number of methoxy groups -OCH3 is 2. The summed E-state index contributed by atoms with van der Waals surface area (Å²) in [6.07, 6.45) is 0.0423. The van der Waals surface area contributed by atoms with Gasteiger partial charge in [-0.1, -0.05) is 23.9 Å². The summed E-state index contributed by atoms with van der Waals surface area (Å²) in [6, 6.07) is 12.9. The van der Waals surface area contributed by atoms with E-state index < -0.39 is 5.25 Å². The predicted octanol–water partition coefficient (Wildman–Crippen LogP) is 3.19. The summed E-state index contributed by atoms with van der Waals surface area (Å²) in [6.45, 7) is 0. The number of amides is 2. The fraction of sp³-hybridized carbons (Fsp3) is 0.286. The van der Waals surface area contributed by atoms with E-state index in [0.717, 1.165) is 11.3 Å². The van der Waals surface area contributed by atoms with E-state index in [1.807, 2.05) is 43.3 Å².